The molecule has 0 spiro atoms. The van der Waals surface area contributed by atoms with Gasteiger partial charge in [0.2, 0.25) is 0 Å². The van der Waals surface area contributed by atoms with E-state index in [-0.39, 0.29) is 0 Å². The first kappa shape index (κ1) is 7.43. The van der Waals surface area contributed by atoms with Gasteiger partial charge in [-0.1, -0.05) is 24.3 Å². The molecule has 13 heavy (non-hydrogen) atoms. The van der Waals surface area contributed by atoms with Crippen molar-refractivity contribution < 1.29 is 0 Å². The number of rotatable bonds is 0. The fourth-order valence-corrected chi connectivity index (χ4v) is 2.82. The first-order valence-corrected chi connectivity index (χ1v) is 5.28. The van der Waals surface area contributed by atoms with Gasteiger partial charge in [0.1, 0.15) is 0 Å². The molecule has 1 aliphatic heterocycles. The van der Waals surface area contributed by atoms with Gasteiger partial charge in [-0.2, -0.15) is 0 Å². The Morgan fingerprint density at radius 1 is 1.31 bits per heavy atom. The Labute approximate surface area is 79.2 Å². The number of nitrogens with one attached hydrogen (secondary N) is 1. The number of hydrogen-bond donors (Lipinski definition) is 1. The van der Waals surface area contributed by atoms with Crippen LogP contribution in [0.25, 0.3) is 0 Å². The Morgan fingerprint density at radius 3 is 3.31 bits per heavy atom. The van der Waals surface area contributed by atoms with Crippen molar-refractivity contribution in [1.29, 1.82) is 0 Å². The Hall–Kier alpha value is -0.980. The minimum atomic E-state index is 0.718. The predicted octanol–water partition coefficient (Wildman–Crippen LogP) is 2.39. The monoisotopic (exact) mass is 173 g/mol. The maximum absolute atomic E-state index is 3.57. The van der Waals surface area contributed by atoms with Crippen LogP contribution in [0.3, 0.4) is 0 Å². The summed E-state index contributed by atoms with van der Waals surface area (Å²) in [5.74, 6) is 1.55. The van der Waals surface area contributed by atoms with Gasteiger partial charge in [-0.3, -0.25) is 0 Å². The van der Waals surface area contributed by atoms with Crippen molar-refractivity contribution in [2.75, 3.05) is 6.54 Å². The standard InChI is InChI=1S/C12H15N/c1-2-6-11-9(4-1)8-10-5-3-7-13-12(10)11/h1-2,4,6,9-10,13H,3,5,7-8H2. The predicted molar refractivity (Wildman–Crippen MR) is 54.1 cm³/mol. The smallest absolute Gasteiger partial charge is 0.0177 e. The van der Waals surface area contributed by atoms with Gasteiger partial charge in [-0.05, 0) is 30.8 Å². The third-order valence-corrected chi connectivity index (χ3v) is 3.43. The van der Waals surface area contributed by atoms with E-state index in [1.54, 1.807) is 11.3 Å². The fourth-order valence-electron chi connectivity index (χ4n) is 2.82. The second-order valence-corrected chi connectivity index (χ2v) is 4.22. The zero-order valence-electron chi connectivity index (χ0n) is 7.79. The van der Waals surface area contributed by atoms with E-state index in [1.807, 2.05) is 0 Å². The number of piperidine rings is 1. The van der Waals surface area contributed by atoms with Gasteiger partial charge < -0.3 is 5.32 Å². The summed E-state index contributed by atoms with van der Waals surface area (Å²) in [6.07, 6.45) is 13.1. The maximum Gasteiger partial charge on any atom is 0.0177 e. The van der Waals surface area contributed by atoms with E-state index in [1.165, 1.54) is 25.8 Å². The van der Waals surface area contributed by atoms with Crippen LogP contribution in [0.2, 0.25) is 0 Å². The van der Waals surface area contributed by atoms with Gasteiger partial charge in [0.05, 0.1) is 0 Å². The Bertz CT molecular complexity index is 309. The quantitative estimate of drug-likeness (QED) is 0.593. The molecule has 1 saturated heterocycles. The minimum Gasteiger partial charge on any atom is -0.388 e. The van der Waals surface area contributed by atoms with Crippen molar-refractivity contribution in [2.24, 2.45) is 11.8 Å². The van der Waals surface area contributed by atoms with E-state index < -0.39 is 0 Å². The van der Waals surface area contributed by atoms with Crippen LogP contribution in [-0.2, 0) is 0 Å². The van der Waals surface area contributed by atoms with Crippen LogP contribution in [0, 0.1) is 11.8 Å². The minimum absolute atomic E-state index is 0.718. The molecule has 0 aromatic carbocycles. The van der Waals surface area contributed by atoms with E-state index in [0.29, 0.717) is 0 Å². The van der Waals surface area contributed by atoms with Gasteiger partial charge >= 0.3 is 0 Å². The van der Waals surface area contributed by atoms with Crippen LogP contribution in [0.1, 0.15) is 19.3 Å². The molecular formula is C12H15N. The lowest BCUT2D eigenvalue weighted by atomic mass is 9.94. The van der Waals surface area contributed by atoms with Crippen LogP contribution >= 0.6 is 0 Å². The molecule has 1 N–H and O–H groups in total. The summed E-state index contributed by atoms with van der Waals surface area (Å²) in [7, 11) is 0. The summed E-state index contributed by atoms with van der Waals surface area (Å²) in [4.78, 5) is 0. The highest BCUT2D eigenvalue weighted by molar-refractivity contribution is 5.41. The Kier molecular flexibility index (Phi) is 1.58. The molecule has 1 fully saturated rings. The molecule has 0 aromatic heterocycles. The molecule has 1 heterocycles. The lowest BCUT2D eigenvalue weighted by Gasteiger charge is -2.22. The van der Waals surface area contributed by atoms with Crippen LogP contribution < -0.4 is 5.32 Å². The Balaban J connectivity index is 2.00. The van der Waals surface area contributed by atoms with E-state index in [9.17, 15) is 0 Å². The molecule has 1 nitrogen and oxygen atoms in total. The highest BCUT2D eigenvalue weighted by atomic mass is 14.9. The molecule has 3 aliphatic rings. The van der Waals surface area contributed by atoms with Gasteiger partial charge in [0, 0.05) is 18.2 Å². The molecule has 68 valence electrons. The van der Waals surface area contributed by atoms with Gasteiger partial charge in [-0.15, -0.1) is 0 Å². The number of fused-ring (bicyclic) bond motifs is 2. The molecular weight excluding hydrogens is 158 g/mol. The van der Waals surface area contributed by atoms with Gasteiger partial charge in [0.15, 0.2) is 0 Å². The molecule has 3 rings (SSSR count). The second kappa shape index (κ2) is 2.76. The topological polar surface area (TPSA) is 12.0 Å². The second-order valence-electron chi connectivity index (χ2n) is 4.22. The molecule has 0 amide bonds. The van der Waals surface area contributed by atoms with Gasteiger partial charge in [0.25, 0.3) is 0 Å². The van der Waals surface area contributed by atoms with E-state index in [0.717, 1.165) is 11.8 Å². The molecule has 0 aromatic rings. The molecule has 1 heteroatoms. The molecule has 2 atom stereocenters. The fraction of sp³-hybridized carbons (Fsp3) is 0.500. The average Bonchev–Trinajstić information content (AvgIpc) is 2.56. The third-order valence-electron chi connectivity index (χ3n) is 3.43. The van der Waals surface area contributed by atoms with Crippen LogP contribution in [-0.4, -0.2) is 6.54 Å². The zero-order chi connectivity index (χ0) is 8.67. The highest BCUT2D eigenvalue weighted by Crippen LogP contribution is 2.42. The van der Waals surface area contributed by atoms with E-state index >= 15 is 0 Å². The van der Waals surface area contributed by atoms with Crippen LogP contribution in [0.4, 0.5) is 0 Å². The van der Waals surface area contributed by atoms with Crippen molar-refractivity contribution >= 4 is 0 Å². The third kappa shape index (κ3) is 1.06. The van der Waals surface area contributed by atoms with Gasteiger partial charge in [-0.25, -0.2) is 0 Å². The summed E-state index contributed by atoms with van der Waals surface area (Å²) in [6, 6.07) is 0. The highest BCUT2D eigenvalue weighted by Gasteiger charge is 2.32. The number of allylic oxidation sites excluding steroid dienone is 6. The van der Waals surface area contributed by atoms with Crippen molar-refractivity contribution in [3.63, 3.8) is 0 Å². The summed E-state index contributed by atoms with van der Waals surface area (Å²) >= 11 is 0. The lowest BCUT2D eigenvalue weighted by molar-refractivity contribution is 0.433. The summed E-state index contributed by atoms with van der Waals surface area (Å²) < 4.78 is 0. The zero-order valence-corrected chi connectivity index (χ0v) is 7.79. The normalized spacial score (nSPS) is 35.7. The SMILES string of the molecule is C1=CC2=C3NCCCC3CC2C=C1. The Morgan fingerprint density at radius 2 is 2.31 bits per heavy atom. The maximum atomic E-state index is 3.57. The summed E-state index contributed by atoms with van der Waals surface area (Å²) in [5.41, 5.74) is 3.11. The lowest BCUT2D eigenvalue weighted by Crippen LogP contribution is -2.25. The van der Waals surface area contributed by atoms with E-state index in [2.05, 4.69) is 29.6 Å². The average molecular weight is 173 g/mol. The van der Waals surface area contributed by atoms with E-state index in [4.69, 9.17) is 0 Å². The van der Waals surface area contributed by atoms with Crippen LogP contribution in [0.15, 0.2) is 35.6 Å². The van der Waals surface area contributed by atoms with Crippen molar-refractivity contribution in [1.82, 2.24) is 5.32 Å². The summed E-state index contributed by atoms with van der Waals surface area (Å²) in [5, 5.41) is 3.57. The van der Waals surface area contributed by atoms with Crippen molar-refractivity contribution in [3.8, 4) is 0 Å². The molecule has 0 bridgehead atoms. The van der Waals surface area contributed by atoms with Crippen molar-refractivity contribution in [2.45, 2.75) is 19.3 Å². The van der Waals surface area contributed by atoms with Crippen molar-refractivity contribution in [3.05, 3.63) is 35.6 Å². The molecule has 0 radical (unpaired) electrons. The first-order valence-electron chi connectivity index (χ1n) is 5.28. The molecule has 2 aliphatic carbocycles. The first-order chi connectivity index (χ1) is 6.45. The largest absolute Gasteiger partial charge is 0.388 e. The summed E-state index contributed by atoms with van der Waals surface area (Å²) in [6.45, 7) is 1.18. The number of hydrogen-bond acceptors (Lipinski definition) is 1. The molecule has 2 unspecified atom stereocenters. The molecule has 0 saturated carbocycles. The van der Waals surface area contributed by atoms with Crippen LogP contribution in [0.5, 0.6) is 0 Å².